The van der Waals surface area contributed by atoms with E-state index in [1.165, 1.54) is 23.2 Å². The molecule has 108 valence electrons. The number of benzene rings is 1. The van der Waals surface area contributed by atoms with Crippen LogP contribution >= 0.6 is 0 Å². The fourth-order valence-corrected chi connectivity index (χ4v) is 2.14. The molecule has 21 heavy (non-hydrogen) atoms. The minimum Gasteiger partial charge on any atom is -0.454 e. The second kappa shape index (κ2) is 5.40. The maximum Gasteiger partial charge on any atom is 0.258 e. The van der Waals surface area contributed by atoms with E-state index in [9.17, 15) is 9.18 Å². The van der Waals surface area contributed by atoms with Crippen molar-refractivity contribution < 1.29 is 18.7 Å². The van der Waals surface area contributed by atoms with Gasteiger partial charge < -0.3 is 14.4 Å². The fourth-order valence-electron chi connectivity index (χ4n) is 2.14. The van der Waals surface area contributed by atoms with Crippen LogP contribution in [-0.2, 0) is 6.54 Å². The van der Waals surface area contributed by atoms with Gasteiger partial charge in [-0.15, -0.1) is 0 Å². The molecular formula is C15H13FN2O3. The van der Waals surface area contributed by atoms with Crippen molar-refractivity contribution in [3.05, 3.63) is 53.6 Å². The zero-order chi connectivity index (χ0) is 14.8. The van der Waals surface area contributed by atoms with Gasteiger partial charge in [0.1, 0.15) is 0 Å². The molecule has 0 saturated heterocycles. The molecule has 1 aliphatic heterocycles. The predicted molar refractivity (Wildman–Crippen MR) is 72.6 cm³/mol. The number of carbonyl (C=O) groups is 1. The summed E-state index contributed by atoms with van der Waals surface area (Å²) in [7, 11) is 1.61. The summed E-state index contributed by atoms with van der Waals surface area (Å²) in [5.74, 6) is 0.158. The lowest BCUT2D eigenvalue weighted by Gasteiger charge is -2.17. The van der Waals surface area contributed by atoms with Crippen LogP contribution in [0.2, 0.25) is 0 Å². The molecule has 1 aromatic carbocycles. The van der Waals surface area contributed by atoms with Gasteiger partial charge in [-0.3, -0.25) is 4.79 Å². The first-order valence-electron chi connectivity index (χ1n) is 6.39. The van der Waals surface area contributed by atoms with Crippen LogP contribution in [0.15, 0.2) is 36.5 Å². The number of fused-ring (bicyclic) bond motifs is 1. The minimum atomic E-state index is -0.764. The maximum atomic E-state index is 13.5. The van der Waals surface area contributed by atoms with Gasteiger partial charge in [-0.2, -0.15) is 4.39 Å². The molecule has 2 heterocycles. The van der Waals surface area contributed by atoms with Crippen LogP contribution in [0, 0.1) is 5.95 Å². The Labute approximate surface area is 120 Å². The first kappa shape index (κ1) is 13.4. The second-order valence-corrected chi connectivity index (χ2v) is 4.69. The van der Waals surface area contributed by atoms with Gasteiger partial charge in [0.25, 0.3) is 5.91 Å². The molecule has 0 aliphatic carbocycles. The van der Waals surface area contributed by atoms with Crippen LogP contribution in [0.5, 0.6) is 11.5 Å². The van der Waals surface area contributed by atoms with Gasteiger partial charge in [0.15, 0.2) is 11.5 Å². The highest BCUT2D eigenvalue weighted by molar-refractivity contribution is 5.93. The van der Waals surface area contributed by atoms with Gasteiger partial charge in [0.2, 0.25) is 12.7 Å². The van der Waals surface area contributed by atoms with Crippen molar-refractivity contribution >= 4 is 5.91 Å². The van der Waals surface area contributed by atoms with Crippen molar-refractivity contribution in [3.8, 4) is 11.5 Å². The highest BCUT2D eigenvalue weighted by atomic mass is 19.1. The topological polar surface area (TPSA) is 51.7 Å². The zero-order valence-electron chi connectivity index (χ0n) is 11.4. The number of rotatable bonds is 3. The summed E-state index contributed by atoms with van der Waals surface area (Å²) in [4.78, 5) is 17.1. The van der Waals surface area contributed by atoms with E-state index < -0.39 is 11.9 Å². The Kier molecular flexibility index (Phi) is 3.43. The first-order valence-corrected chi connectivity index (χ1v) is 6.39. The van der Waals surface area contributed by atoms with Crippen LogP contribution < -0.4 is 9.47 Å². The summed E-state index contributed by atoms with van der Waals surface area (Å²) in [6.45, 7) is 0.540. The Hall–Kier alpha value is -2.63. The Bertz CT molecular complexity index is 690. The lowest BCUT2D eigenvalue weighted by molar-refractivity contribution is 0.0779. The molecule has 0 saturated carbocycles. The molecule has 0 N–H and O–H groups in total. The SMILES string of the molecule is CN(Cc1ccc2c(c1)OCO2)C(=O)c1cccnc1F. The largest absolute Gasteiger partial charge is 0.454 e. The molecule has 0 atom stereocenters. The van der Waals surface area contributed by atoms with Crippen molar-refractivity contribution in [3.63, 3.8) is 0 Å². The van der Waals surface area contributed by atoms with Gasteiger partial charge in [-0.25, -0.2) is 4.98 Å². The molecule has 0 unspecified atom stereocenters. The van der Waals surface area contributed by atoms with E-state index in [0.29, 0.717) is 18.0 Å². The molecule has 0 spiro atoms. The molecule has 0 fully saturated rings. The highest BCUT2D eigenvalue weighted by Gasteiger charge is 2.18. The van der Waals surface area contributed by atoms with Gasteiger partial charge in [-0.1, -0.05) is 6.07 Å². The van der Waals surface area contributed by atoms with Gasteiger partial charge in [-0.05, 0) is 29.8 Å². The second-order valence-electron chi connectivity index (χ2n) is 4.69. The van der Waals surface area contributed by atoms with Gasteiger partial charge >= 0.3 is 0 Å². The third-order valence-corrected chi connectivity index (χ3v) is 3.19. The molecule has 1 aromatic heterocycles. The van der Waals surface area contributed by atoms with E-state index in [1.807, 2.05) is 12.1 Å². The van der Waals surface area contributed by atoms with E-state index in [2.05, 4.69) is 4.98 Å². The number of nitrogens with zero attached hydrogens (tertiary/aromatic N) is 2. The Balaban J connectivity index is 1.76. The average molecular weight is 288 g/mol. The molecule has 5 nitrogen and oxygen atoms in total. The molecule has 0 radical (unpaired) electrons. The summed E-state index contributed by atoms with van der Waals surface area (Å²) in [6, 6.07) is 8.40. The van der Waals surface area contributed by atoms with Crippen molar-refractivity contribution in [1.29, 1.82) is 0 Å². The van der Waals surface area contributed by atoms with E-state index >= 15 is 0 Å². The fraction of sp³-hybridized carbons (Fsp3) is 0.200. The summed E-state index contributed by atoms with van der Waals surface area (Å²) in [5.41, 5.74) is 0.833. The van der Waals surface area contributed by atoms with Crippen LogP contribution in [0.25, 0.3) is 0 Å². The summed E-state index contributed by atoms with van der Waals surface area (Å²) in [5, 5.41) is 0. The monoisotopic (exact) mass is 288 g/mol. The predicted octanol–water partition coefficient (Wildman–Crippen LogP) is 2.22. The van der Waals surface area contributed by atoms with Gasteiger partial charge in [0, 0.05) is 19.8 Å². The molecule has 1 aliphatic rings. The summed E-state index contributed by atoms with van der Waals surface area (Å²) >= 11 is 0. The van der Waals surface area contributed by atoms with Crippen molar-refractivity contribution in [2.45, 2.75) is 6.54 Å². The van der Waals surface area contributed by atoms with Crippen molar-refractivity contribution in [2.75, 3.05) is 13.8 Å². The van der Waals surface area contributed by atoms with Crippen LogP contribution in [0.3, 0.4) is 0 Å². The number of ether oxygens (including phenoxy) is 2. The average Bonchev–Trinajstić information content (AvgIpc) is 2.94. The van der Waals surface area contributed by atoms with Crippen LogP contribution in [-0.4, -0.2) is 29.6 Å². The number of aromatic nitrogens is 1. The van der Waals surface area contributed by atoms with E-state index in [0.717, 1.165) is 5.56 Å². The Morgan fingerprint density at radius 3 is 2.95 bits per heavy atom. The third kappa shape index (κ3) is 2.65. The number of hydrogen-bond acceptors (Lipinski definition) is 4. The van der Waals surface area contributed by atoms with Crippen molar-refractivity contribution in [2.24, 2.45) is 0 Å². The zero-order valence-corrected chi connectivity index (χ0v) is 11.4. The Morgan fingerprint density at radius 2 is 2.14 bits per heavy atom. The first-order chi connectivity index (χ1) is 10.1. The molecule has 6 heteroatoms. The van der Waals surface area contributed by atoms with Crippen LogP contribution in [0.4, 0.5) is 4.39 Å². The molecule has 2 aromatic rings. The molecular weight excluding hydrogens is 275 g/mol. The van der Waals surface area contributed by atoms with Crippen molar-refractivity contribution in [1.82, 2.24) is 9.88 Å². The molecule has 0 bridgehead atoms. The van der Waals surface area contributed by atoms with Crippen LogP contribution in [0.1, 0.15) is 15.9 Å². The lowest BCUT2D eigenvalue weighted by Crippen LogP contribution is -2.27. The summed E-state index contributed by atoms with van der Waals surface area (Å²) in [6.07, 6.45) is 1.31. The number of pyridine rings is 1. The van der Waals surface area contributed by atoms with E-state index in [1.54, 1.807) is 13.1 Å². The number of halogens is 1. The smallest absolute Gasteiger partial charge is 0.258 e. The third-order valence-electron chi connectivity index (χ3n) is 3.19. The number of carbonyl (C=O) groups excluding carboxylic acids is 1. The lowest BCUT2D eigenvalue weighted by atomic mass is 10.1. The highest BCUT2D eigenvalue weighted by Crippen LogP contribution is 2.32. The molecule has 1 amide bonds. The van der Waals surface area contributed by atoms with E-state index in [4.69, 9.17) is 9.47 Å². The number of amides is 1. The standard InChI is InChI=1S/C15H13FN2O3/c1-18(15(19)11-3-2-6-17-14(11)16)8-10-4-5-12-13(7-10)21-9-20-12/h2-7H,8-9H2,1H3. The Morgan fingerprint density at radius 1 is 1.33 bits per heavy atom. The maximum absolute atomic E-state index is 13.5. The normalized spacial score (nSPS) is 12.3. The minimum absolute atomic E-state index is 0.0410. The van der Waals surface area contributed by atoms with E-state index in [-0.39, 0.29) is 12.4 Å². The number of hydrogen-bond donors (Lipinski definition) is 0. The summed E-state index contributed by atoms with van der Waals surface area (Å²) < 4.78 is 24.0. The molecule has 3 rings (SSSR count). The quantitative estimate of drug-likeness (QED) is 0.813. The van der Waals surface area contributed by atoms with Gasteiger partial charge in [0.05, 0.1) is 5.56 Å².